The molecule has 0 saturated carbocycles. The van der Waals surface area contributed by atoms with Crippen molar-refractivity contribution in [2.24, 2.45) is 4.99 Å². The van der Waals surface area contributed by atoms with Crippen LogP contribution in [-0.4, -0.2) is 5.71 Å². The number of hydrogen-bond donors (Lipinski definition) is 0. The summed E-state index contributed by atoms with van der Waals surface area (Å²) in [6.45, 7) is 2.10. The van der Waals surface area contributed by atoms with E-state index in [-0.39, 0.29) is 0 Å². The second kappa shape index (κ2) is 5.07. The van der Waals surface area contributed by atoms with E-state index < -0.39 is 0 Å². The quantitative estimate of drug-likeness (QED) is 0.690. The molecular weight excluding hydrogens is 230 g/mol. The number of benzene rings is 2. The molecule has 1 heterocycles. The van der Waals surface area contributed by atoms with E-state index in [4.69, 9.17) is 4.99 Å². The molecule has 19 heavy (non-hydrogen) atoms. The Kier molecular flexibility index (Phi) is 3.11. The topological polar surface area (TPSA) is 12.4 Å². The summed E-state index contributed by atoms with van der Waals surface area (Å²) in [6.07, 6.45) is 8.26. The molecular formula is C18H15N. The third-order valence-corrected chi connectivity index (χ3v) is 3.13. The average molecular weight is 245 g/mol. The minimum Gasteiger partial charge on any atom is -0.248 e. The van der Waals surface area contributed by atoms with E-state index in [1.807, 2.05) is 24.3 Å². The van der Waals surface area contributed by atoms with Crippen LogP contribution in [0, 0.1) is 6.92 Å². The van der Waals surface area contributed by atoms with E-state index in [1.54, 1.807) is 0 Å². The standard InChI is InChI=1S/C18H15N/c1-14-11-12-18-16(13-14)9-5-6-10-17(19-18)15-7-3-2-4-8-15/h2-13H,1H3/b6-5?,9-5-,10-6-,16-9?,17-10?,19-17?,19-18?. The van der Waals surface area contributed by atoms with Gasteiger partial charge in [-0.1, -0.05) is 60.2 Å². The number of allylic oxidation sites excluding steroid dienone is 3. The van der Waals surface area contributed by atoms with Gasteiger partial charge < -0.3 is 0 Å². The zero-order valence-corrected chi connectivity index (χ0v) is 10.9. The maximum absolute atomic E-state index is 4.79. The molecule has 0 fully saturated rings. The van der Waals surface area contributed by atoms with Gasteiger partial charge in [-0.25, -0.2) is 4.99 Å². The highest BCUT2D eigenvalue weighted by Crippen LogP contribution is 2.24. The molecule has 1 heteroatoms. The average Bonchev–Trinajstić information content (AvgIpc) is 2.42. The Morgan fingerprint density at radius 3 is 2.47 bits per heavy atom. The molecule has 0 aromatic heterocycles. The van der Waals surface area contributed by atoms with Gasteiger partial charge in [-0.05, 0) is 25.1 Å². The summed E-state index contributed by atoms with van der Waals surface area (Å²) < 4.78 is 0. The van der Waals surface area contributed by atoms with Crippen LogP contribution in [0.2, 0.25) is 0 Å². The number of aryl methyl sites for hydroxylation is 1. The van der Waals surface area contributed by atoms with E-state index in [0.717, 1.165) is 22.5 Å². The largest absolute Gasteiger partial charge is 0.248 e. The van der Waals surface area contributed by atoms with Crippen molar-refractivity contribution in [2.75, 3.05) is 0 Å². The van der Waals surface area contributed by atoms with Crippen LogP contribution < -0.4 is 0 Å². The van der Waals surface area contributed by atoms with Crippen LogP contribution in [0.4, 0.5) is 5.69 Å². The molecule has 0 spiro atoms. The van der Waals surface area contributed by atoms with Gasteiger partial charge in [0, 0.05) is 11.1 Å². The van der Waals surface area contributed by atoms with Crippen molar-refractivity contribution < 1.29 is 0 Å². The number of fused-ring (bicyclic) bond motifs is 1. The Bertz CT molecular complexity index is 676. The van der Waals surface area contributed by atoms with Gasteiger partial charge in [0.1, 0.15) is 0 Å². The Labute approximate surface area is 113 Å². The van der Waals surface area contributed by atoms with E-state index >= 15 is 0 Å². The molecule has 0 saturated heterocycles. The number of hydrogen-bond acceptors (Lipinski definition) is 1. The molecule has 0 bridgehead atoms. The molecule has 3 rings (SSSR count). The van der Waals surface area contributed by atoms with Crippen molar-refractivity contribution in [3.8, 4) is 0 Å². The highest BCUT2D eigenvalue weighted by molar-refractivity contribution is 6.10. The molecule has 0 radical (unpaired) electrons. The van der Waals surface area contributed by atoms with Crippen LogP contribution in [0.15, 0.2) is 71.8 Å². The fraction of sp³-hybridized carbons (Fsp3) is 0.0556. The fourth-order valence-corrected chi connectivity index (χ4v) is 2.15. The molecule has 0 unspecified atom stereocenters. The van der Waals surface area contributed by atoms with E-state index in [2.05, 4.69) is 55.5 Å². The van der Waals surface area contributed by atoms with Gasteiger partial charge in [-0.15, -0.1) is 0 Å². The zero-order valence-electron chi connectivity index (χ0n) is 10.9. The van der Waals surface area contributed by atoms with Crippen molar-refractivity contribution in [1.82, 2.24) is 0 Å². The minimum absolute atomic E-state index is 0.995. The van der Waals surface area contributed by atoms with Crippen LogP contribution in [0.3, 0.4) is 0 Å². The van der Waals surface area contributed by atoms with Crippen LogP contribution >= 0.6 is 0 Å². The molecule has 92 valence electrons. The number of rotatable bonds is 1. The smallest absolute Gasteiger partial charge is 0.0709 e. The van der Waals surface area contributed by atoms with Crippen molar-refractivity contribution in [3.05, 3.63) is 83.4 Å². The van der Waals surface area contributed by atoms with Crippen molar-refractivity contribution in [1.29, 1.82) is 0 Å². The van der Waals surface area contributed by atoms with Gasteiger partial charge >= 0.3 is 0 Å². The summed E-state index contributed by atoms with van der Waals surface area (Å²) in [4.78, 5) is 4.79. The Morgan fingerprint density at radius 2 is 1.63 bits per heavy atom. The monoisotopic (exact) mass is 245 g/mol. The Morgan fingerprint density at radius 1 is 0.842 bits per heavy atom. The van der Waals surface area contributed by atoms with E-state index in [1.165, 1.54) is 5.56 Å². The molecule has 0 atom stereocenters. The first-order valence-corrected chi connectivity index (χ1v) is 6.42. The Hall–Kier alpha value is -2.41. The third kappa shape index (κ3) is 2.55. The second-order valence-corrected chi connectivity index (χ2v) is 4.64. The zero-order chi connectivity index (χ0) is 13.1. The lowest BCUT2D eigenvalue weighted by Gasteiger charge is -2.08. The Balaban J connectivity index is 2.14. The van der Waals surface area contributed by atoms with Gasteiger partial charge in [-0.2, -0.15) is 0 Å². The lowest BCUT2D eigenvalue weighted by Crippen LogP contribution is -1.97. The SMILES string of the molecule is Cc1ccc2c(c1)/C=C\C=C/C(c1ccccc1)=N2. The molecule has 0 N–H and O–H groups in total. The van der Waals surface area contributed by atoms with Crippen LogP contribution in [0.25, 0.3) is 6.08 Å². The summed E-state index contributed by atoms with van der Waals surface area (Å²) in [5.41, 5.74) is 5.57. The molecule has 2 aromatic carbocycles. The summed E-state index contributed by atoms with van der Waals surface area (Å²) in [6, 6.07) is 16.6. The van der Waals surface area contributed by atoms with E-state index in [0.29, 0.717) is 0 Å². The minimum atomic E-state index is 0.995. The predicted octanol–water partition coefficient (Wildman–Crippen LogP) is 4.70. The molecule has 0 aliphatic carbocycles. The normalized spacial score (nSPS) is 16.8. The second-order valence-electron chi connectivity index (χ2n) is 4.64. The van der Waals surface area contributed by atoms with Crippen molar-refractivity contribution in [2.45, 2.75) is 6.92 Å². The first-order chi connectivity index (χ1) is 9.33. The van der Waals surface area contributed by atoms with Crippen LogP contribution in [0.5, 0.6) is 0 Å². The van der Waals surface area contributed by atoms with Crippen LogP contribution in [-0.2, 0) is 0 Å². The summed E-state index contributed by atoms with van der Waals surface area (Å²) in [7, 11) is 0. The van der Waals surface area contributed by atoms with Gasteiger partial charge in [0.25, 0.3) is 0 Å². The van der Waals surface area contributed by atoms with Crippen LogP contribution in [0.1, 0.15) is 16.7 Å². The van der Waals surface area contributed by atoms with Gasteiger partial charge in [-0.3, -0.25) is 0 Å². The molecule has 1 aliphatic heterocycles. The molecule has 1 aliphatic rings. The molecule has 2 aromatic rings. The lowest BCUT2D eigenvalue weighted by atomic mass is 10.1. The molecule has 1 nitrogen and oxygen atoms in total. The van der Waals surface area contributed by atoms with E-state index in [9.17, 15) is 0 Å². The first-order valence-electron chi connectivity index (χ1n) is 6.42. The van der Waals surface area contributed by atoms with Gasteiger partial charge in [0.2, 0.25) is 0 Å². The van der Waals surface area contributed by atoms with Gasteiger partial charge in [0.15, 0.2) is 0 Å². The maximum Gasteiger partial charge on any atom is 0.0709 e. The maximum atomic E-state index is 4.79. The number of nitrogens with zero attached hydrogens (tertiary/aromatic N) is 1. The summed E-state index contributed by atoms with van der Waals surface area (Å²) in [5, 5.41) is 0. The number of aliphatic imine (C=N–C) groups is 1. The summed E-state index contributed by atoms with van der Waals surface area (Å²) in [5.74, 6) is 0. The summed E-state index contributed by atoms with van der Waals surface area (Å²) >= 11 is 0. The van der Waals surface area contributed by atoms with Crippen molar-refractivity contribution >= 4 is 17.5 Å². The fourth-order valence-electron chi connectivity index (χ4n) is 2.15. The van der Waals surface area contributed by atoms with Crippen molar-refractivity contribution in [3.63, 3.8) is 0 Å². The van der Waals surface area contributed by atoms with Gasteiger partial charge in [0.05, 0.1) is 11.4 Å². The lowest BCUT2D eigenvalue weighted by molar-refractivity contribution is 1.41. The molecule has 0 amide bonds. The predicted molar refractivity (Wildman–Crippen MR) is 82.0 cm³/mol. The highest BCUT2D eigenvalue weighted by Gasteiger charge is 2.04. The first kappa shape index (κ1) is 11.7. The third-order valence-electron chi connectivity index (χ3n) is 3.13. The highest BCUT2D eigenvalue weighted by atomic mass is 14.7.